The number of nitrogens with zero attached hydrogens (tertiary/aromatic N) is 2. The number of pyridine rings is 1. The van der Waals surface area contributed by atoms with Gasteiger partial charge in [-0.1, -0.05) is 11.6 Å². The number of hydrogen-bond acceptors (Lipinski definition) is 5. The highest BCUT2D eigenvalue weighted by Gasteiger charge is 2.45. The molecule has 160 valence electrons. The summed E-state index contributed by atoms with van der Waals surface area (Å²) >= 11 is 8.21. The smallest absolute Gasteiger partial charge is 0.414 e. The van der Waals surface area contributed by atoms with Crippen molar-refractivity contribution in [3.8, 4) is 21.6 Å². The van der Waals surface area contributed by atoms with Crippen LogP contribution in [0.4, 0.5) is 10.5 Å². The Hall–Kier alpha value is -2.41. The number of halogens is 1. The van der Waals surface area contributed by atoms with Gasteiger partial charge >= 0.3 is 6.09 Å². The van der Waals surface area contributed by atoms with Gasteiger partial charge in [0, 0.05) is 40.5 Å². The van der Waals surface area contributed by atoms with Crippen molar-refractivity contribution in [3.05, 3.63) is 58.7 Å². The number of hydrogen-bond donors (Lipinski definition) is 1. The lowest BCUT2D eigenvalue weighted by Gasteiger charge is -2.18. The van der Waals surface area contributed by atoms with Crippen LogP contribution < -0.4 is 4.90 Å². The Labute approximate surface area is 190 Å². The molecule has 0 spiro atoms. The van der Waals surface area contributed by atoms with Crippen molar-refractivity contribution in [3.63, 3.8) is 0 Å². The minimum atomic E-state index is -0.352. The number of anilines is 1. The van der Waals surface area contributed by atoms with E-state index in [2.05, 4.69) is 22.5 Å². The van der Waals surface area contributed by atoms with Gasteiger partial charge in [0.1, 0.15) is 6.10 Å². The van der Waals surface area contributed by atoms with Crippen LogP contribution in [0.2, 0.25) is 5.02 Å². The SMILES string of the molecule is CN(C(=O)OC1CC1)c1ccc(-c2cc(-c3ccnc(C4(CO)CC4)c3)cs2)c(Cl)c1. The van der Waals surface area contributed by atoms with Crippen LogP contribution in [-0.2, 0) is 10.2 Å². The standard InChI is InChI=1S/C24H23ClN2O3S/c1-27(23(29)30-18-3-4-18)17-2-5-19(20(25)12-17)21-10-16(13-31-21)15-6-9-26-22(11-15)24(14-28)7-8-24/h2,5-6,9-13,18,28H,3-4,7-8,14H2,1H3. The summed E-state index contributed by atoms with van der Waals surface area (Å²) in [6.45, 7) is 0.142. The van der Waals surface area contributed by atoms with E-state index in [0.29, 0.717) is 10.7 Å². The fourth-order valence-electron chi connectivity index (χ4n) is 3.60. The van der Waals surface area contributed by atoms with Gasteiger partial charge in [0.25, 0.3) is 0 Å². The van der Waals surface area contributed by atoms with Crippen LogP contribution in [0.1, 0.15) is 31.4 Å². The first kappa shape index (κ1) is 20.5. The maximum absolute atomic E-state index is 12.2. The molecule has 2 fully saturated rings. The first-order chi connectivity index (χ1) is 15.0. The average molecular weight is 455 g/mol. The predicted octanol–water partition coefficient (Wildman–Crippen LogP) is 5.89. The molecule has 1 amide bonds. The Morgan fingerprint density at radius 1 is 1.26 bits per heavy atom. The number of carbonyl (C=O) groups excluding carboxylic acids is 1. The molecule has 31 heavy (non-hydrogen) atoms. The molecule has 0 unspecified atom stereocenters. The first-order valence-corrected chi connectivity index (χ1v) is 11.7. The predicted molar refractivity (Wildman–Crippen MR) is 124 cm³/mol. The van der Waals surface area contributed by atoms with E-state index < -0.39 is 0 Å². The van der Waals surface area contributed by atoms with E-state index in [1.165, 1.54) is 4.90 Å². The van der Waals surface area contributed by atoms with Gasteiger partial charge < -0.3 is 9.84 Å². The molecule has 0 aliphatic heterocycles. The van der Waals surface area contributed by atoms with Crippen molar-refractivity contribution in [2.45, 2.75) is 37.2 Å². The Morgan fingerprint density at radius 3 is 2.74 bits per heavy atom. The van der Waals surface area contributed by atoms with Gasteiger partial charge in [0.2, 0.25) is 0 Å². The molecule has 2 aliphatic rings. The Bertz CT molecular complexity index is 1140. The van der Waals surface area contributed by atoms with E-state index in [9.17, 15) is 9.90 Å². The normalized spacial score (nSPS) is 16.7. The molecule has 3 aromatic rings. The Balaban J connectivity index is 1.37. The molecule has 2 saturated carbocycles. The van der Waals surface area contributed by atoms with Gasteiger partial charge in [-0.15, -0.1) is 11.3 Å². The van der Waals surface area contributed by atoms with Crippen molar-refractivity contribution < 1.29 is 14.6 Å². The van der Waals surface area contributed by atoms with Crippen LogP contribution in [0.5, 0.6) is 0 Å². The van der Waals surface area contributed by atoms with Gasteiger partial charge in [0.05, 0.1) is 11.6 Å². The Morgan fingerprint density at radius 2 is 2.06 bits per heavy atom. The summed E-state index contributed by atoms with van der Waals surface area (Å²) < 4.78 is 5.36. The fraction of sp³-hybridized carbons (Fsp3) is 0.333. The minimum absolute atomic E-state index is 0.0649. The number of rotatable bonds is 6. The number of carbonyl (C=O) groups is 1. The second-order valence-corrected chi connectivity index (χ2v) is 9.69. The maximum atomic E-state index is 12.2. The quantitative estimate of drug-likeness (QED) is 0.504. The van der Waals surface area contributed by atoms with Crippen LogP contribution in [-0.4, -0.2) is 35.9 Å². The molecule has 0 atom stereocenters. The number of thiophene rings is 1. The van der Waals surface area contributed by atoms with E-state index in [-0.39, 0.29) is 24.2 Å². The van der Waals surface area contributed by atoms with Crippen LogP contribution in [0.3, 0.4) is 0 Å². The van der Waals surface area contributed by atoms with Crippen LogP contribution in [0, 0.1) is 0 Å². The van der Waals surface area contributed by atoms with Gasteiger partial charge in [-0.05, 0) is 78.6 Å². The number of benzene rings is 1. The molecular weight excluding hydrogens is 432 g/mol. The second kappa shape index (κ2) is 7.93. The summed E-state index contributed by atoms with van der Waals surface area (Å²) in [5.74, 6) is 0. The van der Waals surface area contributed by atoms with Gasteiger partial charge in [-0.2, -0.15) is 0 Å². The van der Waals surface area contributed by atoms with E-state index in [1.54, 1.807) is 24.5 Å². The average Bonchev–Trinajstić information content (AvgIpc) is 3.71. The second-order valence-electron chi connectivity index (χ2n) is 8.37. The zero-order valence-corrected chi connectivity index (χ0v) is 18.7. The number of aliphatic hydroxyl groups is 1. The third-order valence-electron chi connectivity index (χ3n) is 6.06. The van der Waals surface area contributed by atoms with E-state index >= 15 is 0 Å². The molecule has 2 aliphatic carbocycles. The number of aliphatic hydroxyl groups excluding tert-OH is 1. The monoisotopic (exact) mass is 454 g/mol. The molecule has 0 saturated heterocycles. The van der Waals surface area contributed by atoms with E-state index in [1.807, 2.05) is 24.4 Å². The lowest BCUT2D eigenvalue weighted by atomic mass is 9.99. The first-order valence-electron chi connectivity index (χ1n) is 10.4. The minimum Gasteiger partial charge on any atom is -0.446 e. The molecular formula is C24H23ClN2O3S. The molecule has 2 heterocycles. The highest BCUT2D eigenvalue weighted by molar-refractivity contribution is 7.14. The largest absolute Gasteiger partial charge is 0.446 e. The summed E-state index contributed by atoms with van der Waals surface area (Å²) in [7, 11) is 1.69. The topological polar surface area (TPSA) is 62.7 Å². The molecule has 2 aromatic heterocycles. The summed E-state index contributed by atoms with van der Waals surface area (Å²) in [6, 6.07) is 11.8. The zero-order valence-electron chi connectivity index (χ0n) is 17.2. The van der Waals surface area contributed by atoms with Crippen molar-refractivity contribution in [2.24, 2.45) is 0 Å². The molecule has 5 nitrogen and oxygen atoms in total. The molecule has 1 N–H and O–H groups in total. The molecule has 5 rings (SSSR count). The van der Waals surface area contributed by atoms with Gasteiger partial charge in [0.15, 0.2) is 0 Å². The number of aromatic nitrogens is 1. The number of amides is 1. The zero-order chi connectivity index (χ0) is 21.6. The molecule has 7 heteroatoms. The Kier molecular flexibility index (Phi) is 5.24. The lowest BCUT2D eigenvalue weighted by molar-refractivity contribution is 0.148. The molecule has 1 aromatic carbocycles. The summed E-state index contributed by atoms with van der Waals surface area (Å²) in [5.41, 5.74) is 4.62. The highest BCUT2D eigenvalue weighted by atomic mass is 35.5. The van der Waals surface area contributed by atoms with Crippen LogP contribution in [0.25, 0.3) is 21.6 Å². The van der Waals surface area contributed by atoms with E-state index in [4.69, 9.17) is 16.3 Å². The van der Waals surface area contributed by atoms with E-state index in [0.717, 1.165) is 52.9 Å². The summed E-state index contributed by atoms with van der Waals surface area (Å²) in [4.78, 5) is 19.2. The van der Waals surface area contributed by atoms with Gasteiger partial charge in [-0.25, -0.2) is 4.79 Å². The van der Waals surface area contributed by atoms with Crippen molar-refractivity contribution in [1.29, 1.82) is 0 Å². The lowest BCUT2D eigenvalue weighted by Crippen LogP contribution is -2.27. The van der Waals surface area contributed by atoms with Crippen molar-refractivity contribution in [1.82, 2.24) is 4.98 Å². The van der Waals surface area contributed by atoms with Gasteiger partial charge in [-0.3, -0.25) is 9.88 Å². The third kappa shape index (κ3) is 4.07. The maximum Gasteiger partial charge on any atom is 0.414 e. The van der Waals surface area contributed by atoms with Crippen molar-refractivity contribution in [2.75, 3.05) is 18.6 Å². The van der Waals surface area contributed by atoms with Crippen molar-refractivity contribution >= 4 is 34.7 Å². The number of ether oxygens (including phenoxy) is 1. The fourth-order valence-corrected chi connectivity index (χ4v) is 4.89. The third-order valence-corrected chi connectivity index (χ3v) is 7.34. The summed E-state index contributed by atoms with van der Waals surface area (Å²) in [6.07, 6.45) is 5.39. The summed E-state index contributed by atoms with van der Waals surface area (Å²) in [5, 5.41) is 12.4. The molecule has 0 radical (unpaired) electrons. The van der Waals surface area contributed by atoms with Crippen LogP contribution in [0.15, 0.2) is 48.0 Å². The molecule has 0 bridgehead atoms. The highest BCUT2D eigenvalue weighted by Crippen LogP contribution is 2.47. The van der Waals surface area contributed by atoms with Crippen LogP contribution >= 0.6 is 22.9 Å².